The number of aromatic nitrogens is 2. The Morgan fingerprint density at radius 1 is 1.42 bits per heavy atom. The fourth-order valence-corrected chi connectivity index (χ4v) is 2.14. The number of halogens is 3. The molecular weight excluding hydrogens is 288 g/mol. The third-order valence-electron chi connectivity index (χ3n) is 2.48. The summed E-state index contributed by atoms with van der Waals surface area (Å²) >= 11 is 11.6. The summed E-state index contributed by atoms with van der Waals surface area (Å²) in [7, 11) is 0. The lowest BCUT2D eigenvalue weighted by atomic mass is 10.3. The number of hydrogen-bond acceptors (Lipinski definition) is 2. The number of rotatable bonds is 4. The fraction of sp³-hybridized carbons (Fsp3) is 0.154. The first-order valence-corrected chi connectivity index (χ1v) is 6.34. The van der Waals surface area contributed by atoms with Gasteiger partial charge in [-0.1, -0.05) is 29.3 Å². The standard InChI is InChI=1S/C13H12Cl2FN3/c1-3-4-17-13-18-8(2)7-19(13)9-5-10(14)12(16)11(15)6-9/h3,5-7H,1,4H2,2H3,(H,17,18). The fourth-order valence-electron chi connectivity index (χ4n) is 1.66. The van der Waals surface area contributed by atoms with E-state index in [0.29, 0.717) is 18.2 Å². The summed E-state index contributed by atoms with van der Waals surface area (Å²) in [5.74, 6) is 0.000614. The largest absolute Gasteiger partial charge is 0.352 e. The van der Waals surface area contributed by atoms with Crippen LogP contribution in [0.4, 0.5) is 10.3 Å². The maximum atomic E-state index is 13.4. The van der Waals surface area contributed by atoms with Gasteiger partial charge in [0.15, 0.2) is 5.82 Å². The summed E-state index contributed by atoms with van der Waals surface area (Å²) in [6.07, 6.45) is 3.53. The molecule has 1 heterocycles. The van der Waals surface area contributed by atoms with Gasteiger partial charge in [0.2, 0.25) is 5.95 Å². The van der Waals surface area contributed by atoms with E-state index in [1.54, 1.807) is 10.6 Å². The van der Waals surface area contributed by atoms with Crippen molar-refractivity contribution in [3.8, 4) is 5.69 Å². The number of imidazole rings is 1. The first-order chi connectivity index (χ1) is 9.02. The van der Waals surface area contributed by atoms with Gasteiger partial charge in [-0.25, -0.2) is 9.37 Å². The SMILES string of the molecule is C=CCNc1nc(C)cn1-c1cc(Cl)c(F)c(Cl)c1. The molecule has 0 aliphatic rings. The zero-order valence-electron chi connectivity index (χ0n) is 10.3. The molecule has 1 aromatic heterocycles. The van der Waals surface area contributed by atoms with Crippen LogP contribution < -0.4 is 5.32 Å². The Morgan fingerprint density at radius 2 is 2.05 bits per heavy atom. The van der Waals surface area contributed by atoms with Crippen LogP contribution in [-0.4, -0.2) is 16.1 Å². The molecule has 100 valence electrons. The van der Waals surface area contributed by atoms with Crippen molar-refractivity contribution in [2.75, 3.05) is 11.9 Å². The summed E-state index contributed by atoms with van der Waals surface area (Å²) in [5, 5.41) is 3.04. The second kappa shape index (κ2) is 5.63. The topological polar surface area (TPSA) is 29.9 Å². The molecule has 3 nitrogen and oxygen atoms in total. The minimum absolute atomic E-state index is 0.0245. The lowest BCUT2D eigenvalue weighted by Crippen LogP contribution is -2.05. The molecule has 0 radical (unpaired) electrons. The first-order valence-electron chi connectivity index (χ1n) is 5.58. The molecule has 1 aromatic carbocycles. The Labute approximate surface area is 120 Å². The first kappa shape index (κ1) is 13.9. The second-order valence-corrected chi connectivity index (χ2v) is 4.78. The molecule has 19 heavy (non-hydrogen) atoms. The maximum absolute atomic E-state index is 13.4. The molecule has 0 saturated heterocycles. The average molecular weight is 300 g/mol. The highest BCUT2D eigenvalue weighted by Crippen LogP contribution is 2.28. The van der Waals surface area contributed by atoms with Crippen LogP contribution in [0.1, 0.15) is 5.69 Å². The smallest absolute Gasteiger partial charge is 0.207 e. The molecule has 0 fully saturated rings. The van der Waals surface area contributed by atoms with Gasteiger partial charge < -0.3 is 5.32 Å². The van der Waals surface area contributed by atoms with E-state index >= 15 is 0 Å². The van der Waals surface area contributed by atoms with Gasteiger partial charge in [-0.05, 0) is 19.1 Å². The minimum Gasteiger partial charge on any atom is -0.352 e. The van der Waals surface area contributed by atoms with E-state index in [9.17, 15) is 4.39 Å². The maximum Gasteiger partial charge on any atom is 0.207 e. The summed E-state index contributed by atoms with van der Waals surface area (Å²) in [4.78, 5) is 4.33. The summed E-state index contributed by atoms with van der Waals surface area (Å²) in [6, 6.07) is 3.01. The zero-order chi connectivity index (χ0) is 14.0. The van der Waals surface area contributed by atoms with Gasteiger partial charge in [0.25, 0.3) is 0 Å². The summed E-state index contributed by atoms with van der Waals surface area (Å²) < 4.78 is 15.2. The molecule has 0 bridgehead atoms. The van der Waals surface area contributed by atoms with Crippen molar-refractivity contribution in [2.24, 2.45) is 0 Å². The molecule has 0 amide bonds. The van der Waals surface area contributed by atoms with Gasteiger partial charge >= 0.3 is 0 Å². The number of aryl methyl sites for hydroxylation is 1. The van der Waals surface area contributed by atoms with Crippen molar-refractivity contribution in [2.45, 2.75) is 6.92 Å². The molecule has 2 aromatic rings. The van der Waals surface area contributed by atoms with Crippen LogP contribution in [0.5, 0.6) is 0 Å². The van der Waals surface area contributed by atoms with E-state index in [4.69, 9.17) is 23.2 Å². The van der Waals surface area contributed by atoms with Crippen LogP contribution in [-0.2, 0) is 0 Å². The Kier molecular flexibility index (Phi) is 4.12. The van der Waals surface area contributed by atoms with Gasteiger partial charge in [0.1, 0.15) is 0 Å². The Balaban J connectivity index is 2.49. The van der Waals surface area contributed by atoms with Gasteiger partial charge in [-0.15, -0.1) is 6.58 Å². The van der Waals surface area contributed by atoms with Gasteiger partial charge in [-0.3, -0.25) is 4.57 Å². The number of hydrogen-bond donors (Lipinski definition) is 1. The van der Waals surface area contributed by atoms with E-state index in [-0.39, 0.29) is 10.0 Å². The molecule has 0 spiro atoms. The average Bonchev–Trinajstić information content (AvgIpc) is 2.74. The van der Waals surface area contributed by atoms with Crippen molar-refractivity contribution < 1.29 is 4.39 Å². The van der Waals surface area contributed by atoms with Gasteiger partial charge in [0.05, 0.1) is 21.4 Å². The molecule has 2 rings (SSSR count). The van der Waals surface area contributed by atoms with Crippen LogP contribution in [0.2, 0.25) is 10.0 Å². The highest BCUT2D eigenvalue weighted by molar-refractivity contribution is 6.35. The third-order valence-corrected chi connectivity index (χ3v) is 3.03. The van der Waals surface area contributed by atoms with Crippen LogP contribution in [0, 0.1) is 12.7 Å². The monoisotopic (exact) mass is 299 g/mol. The number of nitrogens with zero attached hydrogens (tertiary/aromatic N) is 2. The Bertz CT molecular complexity index is 599. The summed E-state index contributed by atoms with van der Waals surface area (Å²) in [5.41, 5.74) is 1.46. The second-order valence-electron chi connectivity index (χ2n) is 3.97. The number of anilines is 1. The van der Waals surface area contributed by atoms with E-state index in [1.165, 1.54) is 12.1 Å². The highest BCUT2D eigenvalue weighted by atomic mass is 35.5. The van der Waals surface area contributed by atoms with Crippen molar-refractivity contribution in [3.63, 3.8) is 0 Å². The normalized spacial score (nSPS) is 10.5. The molecule has 0 unspecified atom stereocenters. The number of benzene rings is 1. The van der Waals surface area contributed by atoms with Crippen LogP contribution in [0.25, 0.3) is 5.69 Å². The lowest BCUT2D eigenvalue weighted by molar-refractivity contribution is 0.628. The minimum atomic E-state index is -0.621. The van der Waals surface area contributed by atoms with Gasteiger partial charge in [-0.2, -0.15) is 0 Å². The predicted molar refractivity (Wildman–Crippen MR) is 77.0 cm³/mol. The third kappa shape index (κ3) is 2.91. The van der Waals surface area contributed by atoms with Crippen molar-refractivity contribution in [3.05, 3.63) is 52.5 Å². The van der Waals surface area contributed by atoms with Crippen molar-refractivity contribution in [1.82, 2.24) is 9.55 Å². The Hall–Kier alpha value is -1.52. The number of nitrogens with one attached hydrogen (secondary N) is 1. The zero-order valence-corrected chi connectivity index (χ0v) is 11.8. The van der Waals surface area contributed by atoms with Crippen LogP contribution >= 0.6 is 23.2 Å². The van der Waals surface area contributed by atoms with E-state index in [2.05, 4.69) is 16.9 Å². The van der Waals surface area contributed by atoms with Crippen molar-refractivity contribution in [1.29, 1.82) is 0 Å². The quantitative estimate of drug-likeness (QED) is 0.676. The molecule has 1 N–H and O–H groups in total. The van der Waals surface area contributed by atoms with Crippen LogP contribution in [0.3, 0.4) is 0 Å². The highest BCUT2D eigenvalue weighted by Gasteiger charge is 2.12. The molecule has 0 atom stereocenters. The van der Waals surface area contributed by atoms with E-state index in [0.717, 1.165) is 5.69 Å². The van der Waals surface area contributed by atoms with Crippen LogP contribution in [0.15, 0.2) is 31.0 Å². The molecule has 6 heteroatoms. The molecule has 0 aliphatic carbocycles. The van der Waals surface area contributed by atoms with E-state index < -0.39 is 5.82 Å². The summed E-state index contributed by atoms with van der Waals surface area (Å²) in [6.45, 7) is 6.07. The predicted octanol–water partition coefficient (Wildman–Crippen LogP) is 4.22. The molecular formula is C13H12Cl2FN3. The molecule has 0 aliphatic heterocycles. The molecule has 0 saturated carbocycles. The Morgan fingerprint density at radius 3 is 2.63 bits per heavy atom. The lowest BCUT2D eigenvalue weighted by Gasteiger charge is -2.10. The van der Waals surface area contributed by atoms with Crippen molar-refractivity contribution >= 4 is 29.2 Å². The van der Waals surface area contributed by atoms with E-state index in [1.807, 2.05) is 13.1 Å². The van der Waals surface area contributed by atoms with Gasteiger partial charge in [0, 0.05) is 12.7 Å².